The fourth-order valence-electron chi connectivity index (χ4n) is 4.75. The fourth-order valence-corrected chi connectivity index (χ4v) is 4.75. The zero-order valence-corrected chi connectivity index (χ0v) is 17.6. The predicted molar refractivity (Wildman–Crippen MR) is 133 cm³/mol. The molecule has 7 rings (SSSR count). The highest BCUT2D eigenvalue weighted by Crippen LogP contribution is 2.44. The predicted octanol–water partition coefficient (Wildman–Crippen LogP) is 7.41. The molecular formula is C29H17N3O. The Morgan fingerprint density at radius 1 is 0.606 bits per heavy atom. The van der Waals surface area contributed by atoms with E-state index in [0.717, 1.165) is 60.4 Å². The van der Waals surface area contributed by atoms with Gasteiger partial charge in [0, 0.05) is 44.9 Å². The van der Waals surface area contributed by atoms with E-state index in [4.69, 9.17) is 9.40 Å². The second-order valence-corrected chi connectivity index (χ2v) is 8.07. The molecule has 0 aliphatic heterocycles. The van der Waals surface area contributed by atoms with E-state index in [2.05, 4.69) is 58.5 Å². The number of aromatic nitrogens is 3. The fraction of sp³-hybridized carbons (Fsp3) is 0. The third-order valence-electron chi connectivity index (χ3n) is 6.16. The second kappa shape index (κ2) is 6.97. The number of fused-ring (bicyclic) bond motifs is 7. The summed E-state index contributed by atoms with van der Waals surface area (Å²) in [5.41, 5.74) is 5.47. The molecule has 33 heavy (non-hydrogen) atoms. The number of hydrogen-bond donors (Lipinski definition) is 0. The maximum absolute atomic E-state index is 6.44. The van der Waals surface area contributed by atoms with Crippen molar-refractivity contribution in [2.24, 2.45) is 0 Å². The molecule has 0 saturated carbocycles. The van der Waals surface area contributed by atoms with Gasteiger partial charge in [-0.25, -0.2) is 15.0 Å². The van der Waals surface area contributed by atoms with Crippen molar-refractivity contribution in [2.75, 3.05) is 0 Å². The number of furan rings is 1. The van der Waals surface area contributed by atoms with Gasteiger partial charge < -0.3 is 4.42 Å². The topological polar surface area (TPSA) is 51.8 Å². The van der Waals surface area contributed by atoms with Gasteiger partial charge >= 0.3 is 0 Å². The summed E-state index contributed by atoms with van der Waals surface area (Å²) in [6.07, 6.45) is 3.52. The lowest BCUT2D eigenvalue weighted by Crippen LogP contribution is -1.93. The minimum absolute atomic E-state index is 0.635. The second-order valence-electron chi connectivity index (χ2n) is 8.07. The minimum atomic E-state index is 0.635. The van der Waals surface area contributed by atoms with Crippen LogP contribution in [0, 0.1) is 0 Å². The summed E-state index contributed by atoms with van der Waals surface area (Å²) in [6, 6.07) is 30.8. The molecule has 0 radical (unpaired) electrons. The van der Waals surface area contributed by atoms with E-state index < -0.39 is 0 Å². The lowest BCUT2D eigenvalue weighted by atomic mass is 9.94. The van der Waals surface area contributed by atoms with Crippen molar-refractivity contribution in [1.29, 1.82) is 0 Å². The highest BCUT2D eigenvalue weighted by atomic mass is 16.3. The van der Waals surface area contributed by atoms with Gasteiger partial charge in [-0.3, -0.25) is 0 Å². The monoisotopic (exact) mass is 423 g/mol. The first-order chi connectivity index (χ1) is 16.4. The summed E-state index contributed by atoms with van der Waals surface area (Å²) >= 11 is 0. The first-order valence-corrected chi connectivity index (χ1v) is 10.9. The summed E-state index contributed by atoms with van der Waals surface area (Å²) in [4.78, 5) is 14.2. The van der Waals surface area contributed by atoms with Crippen LogP contribution in [0.25, 0.3) is 66.3 Å². The molecule has 0 bridgehead atoms. The number of rotatable bonds is 2. The summed E-state index contributed by atoms with van der Waals surface area (Å²) in [5, 5.41) is 5.44. The van der Waals surface area contributed by atoms with Crippen LogP contribution in [0.5, 0.6) is 0 Å². The van der Waals surface area contributed by atoms with E-state index >= 15 is 0 Å². The summed E-state index contributed by atoms with van der Waals surface area (Å²) in [5.74, 6) is 0.635. The average Bonchev–Trinajstić information content (AvgIpc) is 3.28. The summed E-state index contributed by atoms with van der Waals surface area (Å²) in [7, 11) is 0. The molecule has 0 aliphatic carbocycles. The third-order valence-corrected chi connectivity index (χ3v) is 6.16. The molecule has 4 aromatic carbocycles. The Morgan fingerprint density at radius 3 is 2.18 bits per heavy atom. The quantitative estimate of drug-likeness (QED) is 0.272. The van der Waals surface area contributed by atoms with Gasteiger partial charge in [-0.15, -0.1) is 0 Å². The Bertz CT molecular complexity index is 1770. The van der Waals surface area contributed by atoms with Gasteiger partial charge in [0.15, 0.2) is 5.82 Å². The molecule has 0 atom stereocenters. The lowest BCUT2D eigenvalue weighted by molar-refractivity contribution is 0.670. The molecule has 3 aromatic heterocycles. The van der Waals surface area contributed by atoms with E-state index in [1.807, 2.05) is 42.5 Å². The molecular weight excluding hydrogens is 406 g/mol. The Kier molecular flexibility index (Phi) is 3.81. The van der Waals surface area contributed by atoms with Crippen molar-refractivity contribution in [3.63, 3.8) is 0 Å². The van der Waals surface area contributed by atoms with Crippen molar-refractivity contribution in [1.82, 2.24) is 15.0 Å². The molecule has 0 saturated heterocycles. The minimum Gasteiger partial charge on any atom is -0.455 e. The molecule has 3 heterocycles. The zero-order chi connectivity index (χ0) is 21.8. The standard InChI is InChI=1S/C29H17N3O/c1-2-9-18(10-3-1)27-21-17-22(29-30-15-8-16-31-29)28-26(20-12-5-7-14-24(20)33-28)25(21)19-11-4-6-13-23(19)32-27/h1-17H. The smallest absolute Gasteiger partial charge is 0.162 e. The van der Waals surface area contributed by atoms with Crippen molar-refractivity contribution >= 4 is 43.6 Å². The van der Waals surface area contributed by atoms with Gasteiger partial charge in [-0.1, -0.05) is 66.7 Å². The molecule has 7 aromatic rings. The van der Waals surface area contributed by atoms with Crippen molar-refractivity contribution in [3.05, 3.63) is 103 Å². The van der Waals surface area contributed by atoms with Gasteiger partial charge in [0.25, 0.3) is 0 Å². The van der Waals surface area contributed by atoms with E-state index in [0.29, 0.717) is 5.82 Å². The Labute approximate surface area is 189 Å². The number of nitrogens with zero attached hydrogens (tertiary/aromatic N) is 3. The largest absolute Gasteiger partial charge is 0.455 e. The number of para-hydroxylation sites is 2. The van der Waals surface area contributed by atoms with Crippen LogP contribution in [0.4, 0.5) is 0 Å². The van der Waals surface area contributed by atoms with Crippen LogP contribution >= 0.6 is 0 Å². The van der Waals surface area contributed by atoms with E-state index in [1.54, 1.807) is 12.4 Å². The Morgan fingerprint density at radius 2 is 1.33 bits per heavy atom. The molecule has 0 fully saturated rings. The first-order valence-electron chi connectivity index (χ1n) is 10.9. The third kappa shape index (κ3) is 2.68. The van der Waals surface area contributed by atoms with Crippen LogP contribution in [0.2, 0.25) is 0 Å². The number of benzene rings is 4. The molecule has 0 unspecified atom stereocenters. The van der Waals surface area contributed by atoms with Crippen LogP contribution in [-0.2, 0) is 0 Å². The molecule has 0 N–H and O–H groups in total. The molecule has 154 valence electrons. The highest BCUT2D eigenvalue weighted by molar-refractivity contribution is 6.30. The van der Waals surface area contributed by atoms with Gasteiger partial charge in [0.2, 0.25) is 0 Å². The van der Waals surface area contributed by atoms with Gasteiger partial charge in [0.1, 0.15) is 11.2 Å². The number of pyridine rings is 1. The normalized spacial score (nSPS) is 11.6. The summed E-state index contributed by atoms with van der Waals surface area (Å²) in [6.45, 7) is 0. The average molecular weight is 423 g/mol. The van der Waals surface area contributed by atoms with E-state index in [-0.39, 0.29) is 0 Å². The molecule has 0 amide bonds. The molecule has 0 spiro atoms. The molecule has 0 aliphatic rings. The highest BCUT2D eigenvalue weighted by Gasteiger charge is 2.21. The summed E-state index contributed by atoms with van der Waals surface area (Å²) < 4.78 is 6.44. The van der Waals surface area contributed by atoms with Crippen LogP contribution in [-0.4, -0.2) is 15.0 Å². The Hall–Kier alpha value is -4.57. The van der Waals surface area contributed by atoms with Crippen LogP contribution in [0.3, 0.4) is 0 Å². The van der Waals surface area contributed by atoms with Crippen LogP contribution in [0.15, 0.2) is 108 Å². The van der Waals surface area contributed by atoms with Gasteiger partial charge in [-0.2, -0.15) is 0 Å². The van der Waals surface area contributed by atoms with Crippen molar-refractivity contribution < 1.29 is 4.42 Å². The van der Waals surface area contributed by atoms with E-state index in [9.17, 15) is 0 Å². The van der Waals surface area contributed by atoms with Crippen molar-refractivity contribution in [3.8, 4) is 22.6 Å². The maximum atomic E-state index is 6.44. The van der Waals surface area contributed by atoms with Gasteiger partial charge in [-0.05, 0) is 24.3 Å². The SMILES string of the molecule is c1ccc(-c2nc3ccccc3c3c2cc(-c2ncccn2)c2oc4ccccc4c23)cc1. The molecule has 4 heteroatoms. The Balaban J connectivity index is 1.79. The van der Waals surface area contributed by atoms with Crippen LogP contribution < -0.4 is 0 Å². The number of hydrogen-bond acceptors (Lipinski definition) is 4. The lowest BCUT2D eigenvalue weighted by Gasteiger charge is -2.13. The van der Waals surface area contributed by atoms with Crippen LogP contribution in [0.1, 0.15) is 0 Å². The van der Waals surface area contributed by atoms with E-state index in [1.165, 1.54) is 0 Å². The van der Waals surface area contributed by atoms with Gasteiger partial charge in [0.05, 0.1) is 16.8 Å². The first kappa shape index (κ1) is 18.0. The molecule has 4 nitrogen and oxygen atoms in total. The van der Waals surface area contributed by atoms with Crippen molar-refractivity contribution in [2.45, 2.75) is 0 Å². The maximum Gasteiger partial charge on any atom is 0.162 e. The zero-order valence-electron chi connectivity index (χ0n) is 17.6.